The molecule has 0 spiro atoms. The summed E-state index contributed by atoms with van der Waals surface area (Å²) in [6.07, 6.45) is 0. The number of nitriles is 1. The lowest BCUT2D eigenvalue weighted by Crippen LogP contribution is -1.93. The first-order chi connectivity index (χ1) is 6.56. The van der Waals surface area contributed by atoms with Crippen LogP contribution in [0.5, 0.6) is 0 Å². The first kappa shape index (κ1) is 10.5. The molecule has 0 aliphatic rings. The molecule has 0 aliphatic carbocycles. The highest BCUT2D eigenvalue weighted by molar-refractivity contribution is 5.66. The third-order valence-electron chi connectivity index (χ3n) is 2.41. The van der Waals surface area contributed by atoms with Gasteiger partial charge in [0.15, 0.2) is 0 Å². The van der Waals surface area contributed by atoms with Crippen LogP contribution >= 0.6 is 0 Å². The predicted molar refractivity (Wildman–Crippen MR) is 59.8 cm³/mol. The summed E-state index contributed by atoms with van der Waals surface area (Å²) >= 11 is 0. The van der Waals surface area contributed by atoms with Gasteiger partial charge in [0, 0.05) is 0 Å². The van der Waals surface area contributed by atoms with Gasteiger partial charge in [-0.1, -0.05) is 32.6 Å². The molecular formula is C13H15N. The van der Waals surface area contributed by atoms with E-state index >= 15 is 0 Å². The van der Waals surface area contributed by atoms with Gasteiger partial charge in [-0.15, -0.1) is 0 Å². The van der Waals surface area contributed by atoms with Crippen molar-refractivity contribution < 1.29 is 0 Å². The first-order valence-electron chi connectivity index (χ1n) is 4.76. The zero-order valence-corrected chi connectivity index (χ0v) is 8.96. The van der Waals surface area contributed by atoms with Crippen molar-refractivity contribution in [2.45, 2.75) is 20.8 Å². The largest absolute Gasteiger partial charge is 0.192 e. The quantitative estimate of drug-likeness (QED) is 0.691. The minimum Gasteiger partial charge on any atom is -0.192 e. The average molecular weight is 185 g/mol. The average Bonchev–Trinajstić information content (AvgIpc) is 2.16. The van der Waals surface area contributed by atoms with Crippen LogP contribution < -0.4 is 0 Å². The highest BCUT2D eigenvalue weighted by Crippen LogP contribution is 2.22. The van der Waals surface area contributed by atoms with Gasteiger partial charge in [-0.3, -0.25) is 0 Å². The molecule has 1 aromatic rings. The van der Waals surface area contributed by atoms with Gasteiger partial charge < -0.3 is 0 Å². The molecule has 1 nitrogen and oxygen atoms in total. The van der Waals surface area contributed by atoms with Crippen LogP contribution in [0.1, 0.15) is 30.5 Å². The van der Waals surface area contributed by atoms with E-state index in [1.807, 2.05) is 25.1 Å². The van der Waals surface area contributed by atoms with Crippen molar-refractivity contribution in [3.63, 3.8) is 0 Å². The third kappa shape index (κ3) is 2.03. The molecule has 0 bridgehead atoms. The number of hydrogen-bond donors (Lipinski definition) is 0. The fourth-order valence-electron chi connectivity index (χ4n) is 1.32. The van der Waals surface area contributed by atoms with Crippen molar-refractivity contribution in [3.05, 3.63) is 41.5 Å². The highest BCUT2D eigenvalue weighted by atomic mass is 14.2. The Morgan fingerprint density at radius 3 is 2.50 bits per heavy atom. The summed E-state index contributed by atoms with van der Waals surface area (Å²) in [5.74, 6) is 0.447. The molecule has 14 heavy (non-hydrogen) atoms. The fourth-order valence-corrected chi connectivity index (χ4v) is 1.32. The van der Waals surface area contributed by atoms with Gasteiger partial charge in [0.05, 0.1) is 11.6 Å². The molecule has 0 atom stereocenters. The van der Waals surface area contributed by atoms with E-state index in [1.165, 1.54) is 0 Å². The Morgan fingerprint density at radius 2 is 2.07 bits per heavy atom. The monoisotopic (exact) mass is 185 g/mol. The lowest BCUT2D eigenvalue weighted by atomic mass is 9.94. The summed E-state index contributed by atoms with van der Waals surface area (Å²) in [6.45, 7) is 10.2. The lowest BCUT2D eigenvalue weighted by molar-refractivity contribution is 0.857. The topological polar surface area (TPSA) is 23.8 Å². The molecule has 0 saturated carbocycles. The van der Waals surface area contributed by atoms with Crippen LogP contribution in [0.3, 0.4) is 0 Å². The normalized spacial score (nSPS) is 9.93. The summed E-state index contributed by atoms with van der Waals surface area (Å²) in [5.41, 5.74) is 4.02. The van der Waals surface area contributed by atoms with Gasteiger partial charge in [0.2, 0.25) is 0 Å². The molecule has 0 amide bonds. The number of nitrogens with zero attached hydrogens (tertiary/aromatic N) is 1. The van der Waals surface area contributed by atoms with Gasteiger partial charge in [-0.05, 0) is 35.6 Å². The molecule has 0 heterocycles. The van der Waals surface area contributed by atoms with Crippen molar-refractivity contribution >= 4 is 5.57 Å². The van der Waals surface area contributed by atoms with E-state index in [2.05, 4.69) is 26.5 Å². The molecule has 1 aromatic carbocycles. The number of rotatable bonds is 2. The summed E-state index contributed by atoms with van der Waals surface area (Å²) < 4.78 is 0. The maximum Gasteiger partial charge on any atom is 0.0994 e. The van der Waals surface area contributed by atoms with E-state index in [9.17, 15) is 0 Å². The zero-order valence-electron chi connectivity index (χ0n) is 8.96. The minimum absolute atomic E-state index is 0.447. The first-order valence-corrected chi connectivity index (χ1v) is 4.76. The molecule has 0 N–H and O–H groups in total. The second-order valence-electron chi connectivity index (χ2n) is 3.82. The molecule has 72 valence electrons. The molecule has 0 radical (unpaired) electrons. The maximum atomic E-state index is 8.78. The number of aryl methyl sites for hydroxylation is 1. The van der Waals surface area contributed by atoms with Crippen LogP contribution in [0.25, 0.3) is 5.57 Å². The Labute approximate surface area is 85.7 Å². The predicted octanol–water partition coefficient (Wildman–Crippen LogP) is 3.54. The number of hydrogen-bond acceptors (Lipinski definition) is 1. The number of allylic oxidation sites excluding steroid dienone is 1. The van der Waals surface area contributed by atoms with Gasteiger partial charge >= 0.3 is 0 Å². The fraction of sp³-hybridized carbons (Fsp3) is 0.308. The van der Waals surface area contributed by atoms with Gasteiger partial charge in [-0.2, -0.15) is 5.26 Å². The smallest absolute Gasteiger partial charge is 0.0994 e. The molecule has 0 fully saturated rings. The molecule has 1 heteroatoms. The summed E-state index contributed by atoms with van der Waals surface area (Å²) in [5, 5.41) is 8.78. The molecule has 0 unspecified atom stereocenters. The van der Waals surface area contributed by atoms with Crippen molar-refractivity contribution in [3.8, 4) is 6.07 Å². The van der Waals surface area contributed by atoms with E-state index in [4.69, 9.17) is 5.26 Å². The maximum absolute atomic E-state index is 8.78. The Morgan fingerprint density at radius 1 is 1.43 bits per heavy atom. The van der Waals surface area contributed by atoms with E-state index in [0.29, 0.717) is 5.92 Å². The molecule has 0 aliphatic heterocycles. The van der Waals surface area contributed by atoms with E-state index in [-0.39, 0.29) is 0 Å². The summed E-state index contributed by atoms with van der Waals surface area (Å²) in [7, 11) is 0. The third-order valence-corrected chi connectivity index (χ3v) is 2.41. The Hall–Kier alpha value is -1.55. The van der Waals surface area contributed by atoms with E-state index < -0.39 is 0 Å². The molecule has 0 aromatic heterocycles. The van der Waals surface area contributed by atoms with Crippen LogP contribution in [0, 0.1) is 24.2 Å². The van der Waals surface area contributed by atoms with Gasteiger partial charge in [-0.25, -0.2) is 0 Å². The molecule has 1 rings (SSSR count). The Balaban J connectivity index is 3.11. The summed E-state index contributed by atoms with van der Waals surface area (Å²) in [4.78, 5) is 0. The van der Waals surface area contributed by atoms with E-state index in [0.717, 1.165) is 22.3 Å². The summed E-state index contributed by atoms with van der Waals surface area (Å²) in [6, 6.07) is 8.02. The van der Waals surface area contributed by atoms with Crippen molar-refractivity contribution in [1.82, 2.24) is 0 Å². The second kappa shape index (κ2) is 4.11. The van der Waals surface area contributed by atoms with Crippen molar-refractivity contribution in [2.24, 2.45) is 5.92 Å². The molecule has 0 saturated heterocycles. The number of benzene rings is 1. The van der Waals surface area contributed by atoms with Crippen LogP contribution in [0.15, 0.2) is 24.8 Å². The van der Waals surface area contributed by atoms with Crippen LogP contribution in [-0.2, 0) is 0 Å². The van der Waals surface area contributed by atoms with Crippen LogP contribution in [-0.4, -0.2) is 0 Å². The zero-order chi connectivity index (χ0) is 10.7. The lowest BCUT2D eigenvalue weighted by Gasteiger charge is -2.10. The SMILES string of the molecule is C=C(c1ccc(C#N)c(C)c1)C(C)C. The van der Waals surface area contributed by atoms with Crippen molar-refractivity contribution in [2.75, 3.05) is 0 Å². The van der Waals surface area contributed by atoms with Crippen LogP contribution in [0.2, 0.25) is 0 Å². The van der Waals surface area contributed by atoms with Gasteiger partial charge in [0.25, 0.3) is 0 Å². The molecular weight excluding hydrogens is 170 g/mol. The van der Waals surface area contributed by atoms with Crippen LogP contribution in [0.4, 0.5) is 0 Å². The van der Waals surface area contributed by atoms with Crippen molar-refractivity contribution in [1.29, 1.82) is 5.26 Å². The Kier molecular flexibility index (Phi) is 3.09. The van der Waals surface area contributed by atoms with E-state index in [1.54, 1.807) is 0 Å². The van der Waals surface area contributed by atoms with Gasteiger partial charge in [0.1, 0.15) is 0 Å². The second-order valence-corrected chi connectivity index (χ2v) is 3.82. The minimum atomic E-state index is 0.447. The standard InChI is InChI=1S/C13H15N/c1-9(2)11(4)12-5-6-13(8-14)10(3)7-12/h5-7,9H,4H2,1-3H3. The highest BCUT2D eigenvalue weighted by Gasteiger charge is 2.05. The Bertz CT molecular complexity index is 394.